The molecule has 0 spiro atoms. The van der Waals surface area contributed by atoms with Crippen molar-refractivity contribution in [3.63, 3.8) is 0 Å². The predicted octanol–water partition coefficient (Wildman–Crippen LogP) is 2.46. The number of hydrogen-bond donors (Lipinski definition) is 1. The van der Waals surface area contributed by atoms with Crippen LogP contribution in [0, 0.1) is 11.8 Å². The average Bonchev–Trinajstić information content (AvgIpc) is 2.05. The summed E-state index contributed by atoms with van der Waals surface area (Å²) in [6, 6.07) is 0. The lowest BCUT2D eigenvalue weighted by Gasteiger charge is -2.26. The molecule has 0 rings (SSSR count). The Bertz CT molecular complexity index is 130. The summed E-state index contributed by atoms with van der Waals surface area (Å²) >= 11 is 0. The largest absolute Gasteiger partial charge is 0.396 e. The van der Waals surface area contributed by atoms with Gasteiger partial charge >= 0.3 is 0 Å². The fraction of sp³-hybridized carbons (Fsp3) is 1.00. The Morgan fingerprint density at radius 1 is 1.31 bits per heavy atom. The van der Waals surface area contributed by atoms with Gasteiger partial charge in [0.1, 0.15) is 0 Å². The minimum absolute atomic E-state index is 0.0533. The Kier molecular flexibility index (Phi) is 5.57. The highest BCUT2D eigenvalue weighted by atomic mass is 16.5. The third kappa shape index (κ3) is 5.27. The molecule has 0 aliphatic rings. The minimum atomic E-state index is -0.0533. The predicted molar refractivity (Wildman–Crippen MR) is 55.7 cm³/mol. The summed E-state index contributed by atoms with van der Waals surface area (Å²) < 4.78 is 5.33. The molecule has 0 aliphatic carbocycles. The molecule has 1 N–H and O–H groups in total. The maximum atomic E-state index is 9.13. The van der Waals surface area contributed by atoms with Gasteiger partial charge in [-0.3, -0.25) is 0 Å². The van der Waals surface area contributed by atoms with Crippen LogP contribution in [0.5, 0.6) is 0 Å². The summed E-state index contributed by atoms with van der Waals surface area (Å²) in [7, 11) is 1.74. The first kappa shape index (κ1) is 12.9. The molecule has 13 heavy (non-hydrogen) atoms. The molecule has 80 valence electrons. The maximum Gasteiger partial charge on any atom is 0.0622 e. The summed E-state index contributed by atoms with van der Waals surface area (Å²) in [5.74, 6) is 0.965. The Labute approximate surface area is 82.3 Å². The number of aliphatic hydroxyl groups excluding tert-OH is 1. The highest BCUT2D eigenvalue weighted by Crippen LogP contribution is 2.23. The van der Waals surface area contributed by atoms with Gasteiger partial charge in [0.2, 0.25) is 0 Å². The van der Waals surface area contributed by atoms with Crippen molar-refractivity contribution in [2.75, 3.05) is 13.7 Å². The first-order valence-electron chi connectivity index (χ1n) is 5.09. The fourth-order valence-corrected chi connectivity index (χ4v) is 1.27. The molecular weight excluding hydrogens is 164 g/mol. The van der Waals surface area contributed by atoms with E-state index in [0.29, 0.717) is 11.8 Å². The summed E-state index contributed by atoms with van der Waals surface area (Å²) in [6.45, 7) is 8.77. The normalized spacial score (nSPS) is 15.0. The van der Waals surface area contributed by atoms with E-state index in [9.17, 15) is 0 Å². The second-order valence-corrected chi connectivity index (χ2v) is 4.69. The van der Waals surface area contributed by atoms with Crippen LogP contribution in [0.25, 0.3) is 0 Å². The van der Waals surface area contributed by atoms with E-state index in [0.717, 1.165) is 12.8 Å². The van der Waals surface area contributed by atoms with Crippen molar-refractivity contribution in [1.29, 1.82) is 0 Å². The van der Waals surface area contributed by atoms with Crippen LogP contribution >= 0.6 is 0 Å². The topological polar surface area (TPSA) is 29.5 Å². The molecule has 0 bridgehead atoms. The Hall–Kier alpha value is -0.0800. The van der Waals surface area contributed by atoms with Crippen molar-refractivity contribution >= 4 is 0 Å². The van der Waals surface area contributed by atoms with Crippen LogP contribution < -0.4 is 0 Å². The first-order valence-corrected chi connectivity index (χ1v) is 5.09. The van der Waals surface area contributed by atoms with Crippen LogP contribution in [0.2, 0.25) is 0 Å². The third-order valence-corrected chi connectivity index (χ3v) is 2.85. The van der Waals surface area contributed by atoms with Gasteiger partial charge in [-0.1, -0.05) is 13.8 Å². The highest BCUT2D eigenvalue weighted by molar-refractivity contribution is 4.71. The number of rotatable bonds is 6. The van der Waals surface area contributed by atoms with E-state index in [4.69, 9.17) is 9.84 Å². The van der Waals surface area contributed by atoms with Crippen LogP contribution in [0.15, 0.2) is 0 Å². The van der Waals surface area contributed by atoms with Gasteiger partial charge in [-0.15, -0.1) is 0 Å². The molecule has 0 aromatic rings. The molecule has 1 unspecified atom stereocenters. The first-order chi connectivity index (χ1) is 5.93. The van der Waals surface area contributed by atoms with E-state index in [-0.39, 0.29) is 12.2 Å². The van der Waals surface area contributed by atoms with Gasteiger partial charge in [-0.25, -0.2) is 0 Å². The van der Waals surface area contributed by atoms with Crippen molar-refractivity contribution in [2.45, 2.75) is 46.1 Å². The molecule has 0 heterocycles. The van der Waals surface area contributed by atoms with E-state index < -0.39 is 0 Å². The molecular formula is C11H24O2. The van der Waals surface area contributed by atoms with E-state index >= 15 is 0 Å². The zero-order valence-electron chi connectivity index (χ0n) is 9.63. The monoisotopic (exact) mass is 188 g/mol. The van der Waals surface area contributed by atoms with Gasteiger partial charge in [0, 0.05) is 13.7 Å². The second kappa shape index (κ2) is 5.61. The van der Waals surface area contributed by atoms with E-state index in [1.54, 1.807) is 7.11 Å². The molecule has 1 atom stereocenters. The molecule has 0 radical (unpaired) electrons. The number of aliphatic hydroxyl groups is 1. The molecule has 0 saturated carbocycles. The molecule has 0 aliphatic heterocycles. The zero-order chi connectivity index (χ0) is 10.5. The molecule has 0 aromatic heterocycles. The lowest BCUT2D eigenvalue weighted by atomic mass is 9.88. The molecule has 2 heteroatoms. The van der Waals surface area contributed by atoms with Crippen LogP contribution in [-0.4, -0.2) is 24.4 Å². The molecule has 0 saturated heterocycles. The summed E-state index contributed by atoms with van der Waals surface area (Å²) in [4.78, 5) is 0. The van der Waals surface area contributed by atoms with Gasteiger partial charge in [0.05, 0.1) is 5.60 Å². The lowest BCUT2D eigenvalue weighted by molar-refractivity contribution is 0.00592. The van der Waals surface area contributed by atoms with Crippen LogP contribution in [-0.2, 0) is 4.74 Å². The molecule has 0 aromatic carbocycles. The number of hydrogen-bond acceptors (Lipinski definition) is 2. The Balaban J connectivity index is 3.85. The van der Waals surface area contributed by atoms with Crippen molar-refractivity contribution in [3.8, 4) is 0 Å². The van der Waals surface area contributed by atoms with Crippen LogP contribution in [0.3, 0.4) is 0 Å². The van der Waals surface area contributed by atoms with Crippen molar-refractivity contribution in [1.82, 2.24) is 0 Å². The molecule has 0 amide bonds. The second-order valence-electron chi connectivity index (χ2n) is 4.69. The summed E-state index contributed by atoms with van der Waals surface area (Å²) in [6.07, 6.45) is 2.04. The number of ether oxygens (including phenoxy) is 1. The van der Waals surface area contributed by atoms with Gasteiger partial charge in [0.15, 0.2) is 0 Å². The fourth-order valence-electron chi connectivity index (χ4n) is 1.27. The van der Waals surface area contributed by atoms with Gasteiger partial charge in [-0.2, -0.15) is 0 Å². The quantitative estimate of drug-likeness (QED) is 0.694. The van der Waals surface area contributed by atoms with Crippen LogP contribution in [0.4, 0.5) is 0 Å². The molecule has 2 nitrogen and oxygen atoms in total. The standard InChI is InChI=1S/C11H24O2/c1-9(2)10(8-12)6-7-11(3,4)13-5/h9-10,12H,6-8H2,1-5H3. The Morgan fingerprint density at radius 2 is 1.85 bits per heavy atom. The minimum Gasteiger partial charge on any atom is -0.396 e. The smallest absolute Gasteiger partial charge is 0.0622 e. The lowest BCUT2D eigenvalue weighted by Crippen LogP contribution is -2.25. The van der Waals surface area contributed by atoms with Gasteiger partial charge < -0.3 is 9.84 Å². The maximum absolute atomic E-state index is 9.13. The van der Waals surface area contributed by atoms with Crippen molar-refractivity contribution in [3.05, 3.63) is 0 Å². The highest BCUT2D eigenvalue weighted by Gasteiger charge is 2.20. The summed E-state index contributed by atoms with van der Waals surface area (Å²) in [5.41, 5.74) is -0.0533. The Morgan fingerprint density at radius 3 is 2.15 bits per heavy atom. The van der Waals surface area contributed by atoms with E-state index in [2.05, 4.69) is 27.7 Å². The van der Waals surface area contributed by atoms with Crippen LogP contribution in [0.1, 0.15) is 40.5 Å². The van der Waals surface area contributed by atoms with E-state index in [1.165, 1.54) is 0 Å². The average molecular weight is 188 g/mol. The summed E-state index contributed by atoms with van der Waals surface area (Å²) in [5, 5.41) is 9.13. The SMILES string of the molecule is COC(C)(C)CCC(CO)C(C)C. The van der Waals surface area contributed by atoms with Gasteiger partial charge in [-0.05, 0) is 38.5 Å². The van der Waals surface area contributed by atoms with Crippen molar-refractivity contribution < 1.29 is 9.84 Å². The van der Waals surface area contributed by atoms with Gasteiger partial charge in [0.25, 0.3) is 0 Å². The zero-order valence-corrected chi connectivity index (χ0v) is 9.63. The number of methoxy groups -OCH3 is 1. The molecule has 0 fully saturated rings. The van der Waals surface area contributed by atoms with Crippen molar-refractivity contribution in [2.24, 2.45) is 11.8 Å². The van der Waals surface area contributed by atoms with E-state index in [1.807, 2.05) is 0 Å². The third-order valence-electron chi connectivity index (χ3n) is 2.85.